The van der Waals surface area contributed by atoms with Crippen LogP contribution in [0.15, 0.2) is 48.5 Å². The monoisotopic (exact) mass is 375 g/mol. The molecule has 0 aliphatic carbocycles. The number of hydrogen-bond donors (Lipinski definition) is 1. The highest BCUT2D eigenvalue weighted by molar-refractivity contribution is 6.30. The van der Waals surface area contributed by atoms with Gasteiger partial charge in [0.05, 0.1) is 12.1 Å². The summed E-state index contributed by atoms with van der Waals surface area (Å²) in [4.78, 5) is 15.2. The Bertz CT molecular complexity index is 725. The number of benzene rings is 2. The summed E-state index contributed by atoms with van der Waals surface area (Å²) in [5.41, 5.74) is 1.65. The lowest BCUT2D eigenvalue weighted by molar-refractivity contribution is 0.0498. The van der Waals surface area contributed by atoms with E-state index in [9.17, 15) is 14.3 Å². The largest absolute Gasteiger partial charge is 0.393 e. The Hall–Kier alpha value is -1.75. The van der Waals surface area contributed by atoms with E-state index in [1.165, 1.54) is 12.1 Å². The maximum Gasteiger partial charge on any atom is 0.179 e. The third-order valence-electron chi connectivity index (χ3n) is 4.99. The van der Waals surface area contributed by atoms with Crippen LogP contribution in [0.2, 0.25) is 5.02 Å². The molecule has 1 aliphatic heterocycles. The summed E-state index contributed by atoms with van der Waals surface area (Å²) in [5, 5.41) is 10.5. The second kappa shape index (κ2) is 8.76. The molecule has 1 unspecified atom stereocenters. The summed E-state index contributed by atoms with van der Waals surface area (Å²) in [6.07, 6.45) is 2.49. The topological polar surface area (TPSA) is 40.5 Å². The van der Waals surface area contributed by atoms with Crippen molar-refractivity contribution in [3.05, 3.63) is 70.5 Å². The molecule has 2 aromatic carbocycles. The zero-order valence-corrected chi connectivity index (χ0v) is 15.3. The van der Waals surface area contributed by atoms with Gasteiger partial charge in [-0.05, 0) is 67.6 Å². The first-order valence-corrected chi connectivity index (χ1v) is 9.37. The molecule has 5 heteroatoms. The molecular formula is C21H23ClFNO2. The Morgan fingerprint density at radius 2 is 1.73 bits per heavy atom. The summed E-state index contributed by atoms with van der Waals surface area (Å²) in [6, 6.07) is 13.1. The predicted molar refractivity (Wildman–Crippen MR) is 101 cm³/mol. The lowest BCUT2D eigenvalue weighted by atomic mass is 9.94. The molecule has 3 rings (SSSR count). The SMILES string of the molecule is O=C(c1ccc(F)cc1)C(CCc1ccc(Cl)cc1)N1CCC(O)CC1. The molecule has 1 fully saturated rings. The Balaban J connectivity index is 1.75. The Kier molecular flexibility index (Phi) is 6.41. The Morgan fingerprint density at radius 1 is 1.12 bits per heavy atom. The van der Waals surface area contributed by atoms with E-state index in [1.54, 1.807) is 12.1 Å². The van der Waals surface area contributed by atoms with Crippen LogP contribution < -0.4 is 0 Å². The molecule has 0 radical (unpaired) electrons. The van der Waals surface area contributed by atoms with Gasteiger partial charge in [0.2, 0.25) is 0 Å². The number of rotatable bonds is 6. The van der Waals surface area contributed by atoms with Crippen molar-refractivity contribution >= 4 is 17.4 Å². The third-order valence-corrected chi connectivity index (χ3v) is 5.24. The maximum atomic E-state index is 13.2. The van der Waals surface area contributed by atoms with Gasteiger partial charge in [0.1, 0.15) is 5.82 Å². The number of aryl methyl sites for hydroxylation is 1. The zero-order valence-electron chi connectivity index (χ0n) is 14.6. The first-order chi connectivity index (χ1) is 12.5. The molecule has 1 heterocycles. The lowest BCUT2D eigenvalue weighted by Gasteiger charge is -2.35. The summed E-state index contributed by atoms with van der Waals surface area (Å²) >= 11 is 5.94. The number of likely N-dealkylation sites (tertiary alicyclic amines) is 1. The van der Waals surface area contributed by atoms with Crippen molar-refractivity contribution in [2.75, 3.05) is 13.1 Å². The van der Waals surface area contributed by atoms with Gasteiger partial charge >= 0.3 is 0 Å². The van der Waals surface area contributed by atoms with E-state index in [0.29, 0.717) is 42.9 Å². The molecule has 0 aromatic heterocycles. The molecular weight excluding hydrogens is 353 g/mol. The van der Waals surface area contributed by atoms with E-state index < -0.39 is 0 Å². The highest BCUT2D eigenvalue weighted by atomic mass is 35.5. The molecule has 0 bridgehead atoms. The normalized spacial score (nSPS) is 17.2. The minimum Gasteiger partial charge on any atom is -0.393 e. The van der Waals surface area contributed by atoms with Gasteiger partial charge < -0.3 is 5.11 Å². The van der Waals surface area contributed by atoms with Crippen molar-refractivity contribution in [2.45, 2.75) is 37.8 Å². The summed E-state index contributed by atoms with van der Waals surface area (Å²) in [7, 11) is 0. The number of carbonyl (C=O) groups is 1. The fraction of sp³-hybridized carbons (Fsp3) is 0.381. The van der Waals surface area contributed by atoms with Crippen LogP contribution in [-0.2, 0) is 6.42 Å². The first-order valence-electron chi connectivity index (χ1n) is 8.99. The maximum absolute atomic E-state index is 13.2. The van der Waals surface area contributed by atoms with Gasteiger partial charge in [-0.2, -0.15) is 0 Å². The van der Waals surface area contributed by atoms with Crippen LogP contribution in [0, 0.1) is 5.82 Å². The van der Waals surface area contributed by atoms with Gasteiger partial charge in [-0.25, -0.2) is 4.39 Å². The van der Waals surface area contributed by atoms with Gasteiger partial charge in [0, 0.05) is 23.7 Å². The molecule has 3 nitrogen and oxygen atoms in total. The molecule has 0 spiro atoms. The number of aliphatic hydroxyl groups is 1. The van der Waals surface area contributed by atoms with Crippen molar-refractivity contribution in [2.24, 2.45) is 0 Å². The van der Waals surface area contributed by atoms with Gasteiger partial charge in [-0.15, -0.1) is 0 Å². The Labute approximate surface area is 158 Å². The van der Waals surface area contributed by atoms with E-state index in [0.717, 1.165) is 12.0 Å². The van der Waals surface area contributed by atoms with Crippen molar-refractivity contribution in [3.63, 3.8) is 0 Å². The van der Waals surface area contributed by atoms with Crippen molar-refractivity contribution in [3.8, 4) is 0 Å². The van der Waals surface area contributed by atoms with E-state index in [2.05, 4.69) is 4.90 Å². The van der Waals surface area contributed by atoms with Crippen molar-refractivity contribution in [1.29, 1.82) is 0 Å². The smallest absolute Gasteiger partial charge is 0.179 e. The second-order valence-electron chi connectivity index (χ2n) is 6.82. The van der Waals surface area contributed by atoms with E-state index >= 15 is 0 Å². The van der Waals surface area contributed by atoms with Crippen LogP contribution >= 0.6 is 11.6 Å². The summed E-state index contributed by atoms with van der Waals surface area (Å²) in [5.74, 6) is -0.337. The standard InChI is InChI=1S/C21H23ClFNO2/c22-17-6-1-15(2-7-17)3-10-20(24-13-11-19(25)12-14-24)21(26)16-4-8-18(23)9-5-16/h1-2,4-9,19-20,25H,3,10-14H2. The van der Waals surface area contributed by atoms with Crippen LogP contribution in [0.5, 0.6) is 0 Å². The number of Topliss-reactive ketones (excluding diaryl/α,β-unsaturated/α-hetero) is 1. The number of ketones is 1. The zero-order chi connectivity index (χ0) is 18.5. The van der Waals surface area contributed by atoms with Crippen LogP contribution in [0.1, 0.15) is 35.2 Å². The molecule has 26 heavy (non-hydrogen) atoms. The van der Waals surface area contributed by atoms with E-state index in [1.807, 2.05) is 24.3 Å². The van der Waals surface area contributed by atoms with Crippen LogP contribution in [0.25, 0.3) is 0 Å². The number of halogens is 2. The molecule has 1 atom stereocenters. The number of hydrogen-bond acceptors (Lipinski definition) is 3. The molecule has 1 N–H and O–H groups in total. The van der Waals surface area contributed by atoms with E-state index in [4.69, 9.17) is 11.6 Å². The second-order valence-corrected chi connectivity index (χ2v) is 7.26. The molecule has 2 aromatic rings. The minimum atomic E-state index is -0.347. The average Bonchev–Trinajstić information content (AvgIpc) is 2.65. The quantitative estimate of drug-likeness (QED) is 0.772. The van der Waals surface area contributed by atoms with Crippen molar-refractivity contribution < 1.29 is 14.3 Å². The molecule has 138 valence electrons. The Morgan fingerprint density at radius 3 is 2.35 bits per heavy atom. The molecule has 0 saturated carbocycles. The minimum absolute atomic E-state index is 0.00959. The van der Waals surface area contributed by atoms with Gasteiger partial charge in [-0.3, -0.25) is 9.69 Å². The van der Waals surface area contributed by atoms with Crippen LogP contribution in [0.4, 0.5) is 4.39 Å². The fourth-order valence-electron chi connectivity index (χ4n) is 3.44. The molecule has 1 aliphatic rings. The van der Waals surface area contributed by atoms with Gasteiger partial charge in [0.25, 0.3) is 0 Å². The summed E-state index contributed by atoms with van der Waals surface area (Å²) < 4.78 is 13.2. The number of piperidine rings is 1. The summed E-state index contributed by atoms with van der Waals surface area (Å²) in [6.45, 7) is 1.39. The predicted octanol–water partition coefficient (Wildman–Crippen LogP) is 4.12. The number of aliphatic hydroxyl groups excluding tert-OH is 1. The third kappa shape index (κ3) is 4.91. The van der Waals surface area contributed by atoms with Gasteiger partial charge in [-0.1, -0.05) is 23.7 Å². The van der Waals surface area contributed by atoms with E-state index in [-0.39, 0.29) is 23.7 Å². The molecule has 1 saturated heterocycles. The molecule has 0 amide bonds. The lowest BCUT2D eigenvalue weighted by Crippen LogP contribution is -2.47. The van der Waals surface area contributed by atoms with Crippen LogP contribution in [0.3, 0.4) is 0 Å². The number of nitrogens with zero attached hydrogens (tertiary/aromatic N) is 1. The number of carbonyl (C=O) groups excluding carboxylic acids is 1. The first kappa shape index (κ1) is 19.0. The van der Waals surface area contributed by atoms with Crippen molar-refractivity contribution in [1.82, 2.24) is 4.90 Å². The highest BCUT2D eigenvalue weighted by Gasteiger charge is 2.29. The average molecular weight is 376 g/mol. The highest BCUT2D eigenvalue weighted by Crippen LogP contribution is 2.21. The fourth-order valence-corrected chi connectivity index (χ4v) is 3.56. The van der Waals surface area contributed by atoms with Gasteiger partial charge in [0.15, 0.2) is 5.78 Å². The van der Waals surface area contributed by atoms with Crippen LogP contribution in [-0.4, -0.2) is 41.0 Å².